The van der Waals surface area contributed by atoms with Gasteiger partial charge in [-0.05, 0) is 36.8 Å². The Balaban J connectivity index is 1.90. The van der Waals surface area contributed by atoms with Crippen molar-refractivity contribution in [1.29, 1.82) is 0 Å². The summed E-state index contributed by atoms with van der Waals surface area (Å²) >= 11 is 7.59. The van der Waals surface area contributed by atoms with Crippen LogP contribution in [0.3, 0.4) is 0 Å². The van der Waals surface area contributed by atoms with Crippen LogP contribution in [0.15, 0.2) is 68.1 Å². The fourth-order valence-corrected chi connectivity index (χ4v) is 4.51. The van der Waals surface area contributed by atoms with E-state index in [1.807, 2.05) is 19.1 Å². The van der Waals surface area contributed by atoms with E-state index in [-0.39, 0.29) is 16.9 Å². The van der Waals surface area contributed by atoms with Crippen LogP contribution in [0.2, 0.25) is 5.02 Å². The molecule has 0 atom stereocenters. The van der Waals surface area contributed by atoms with Crippen molar-refractivity contribution in [2.24, 2.45) is 14.1 Å². The number of nitrogens with zero attached hydrogens (tertiary/aromatic N) is 4. The zero-order valence-electron chi connectivity index (χ0n) is 17.1. The van der Waals surface area contributed by atoms with Crippen molar-refractivity contribution in [3.8, 4) is 5.69 Å². The molecule has 0 aliphatic heterocycles. The maximum Gasteiger partial charge on any atom is 0.330 e. The molecule has 2 aromatic carbocycles. The van der Waals surface area contributed by atoms with Crippen LogP contribution in [0.5, 0.6) is 0 Å². The van der Waals surface area contributed by atoms with Crippen LogP contribution in [0.25, 0.3) is 16.6 Å². The highest BCUT2D eigenvalue weighted by Gasteiger charge is 2.17. The predicted octanol–water partition coefficient (Wildman–Crippen LogP) is 3.04. The first-order valence-electron chi connectivity index (χ1n) is 9.45. The van der Waals surface area contributed by atoms with Crippen LogP contribution >= 0.6 is 23.4 Å². The van der Waals surface area contributed by atoms with Crippen molar-refractivity contribution in [2.75, 3.05) is 0 Å². The fourth-order valence-electron chi connectivity index (χ4n) is 3.32. The number of benzene rings is 2. The van der Waals surface area contributed by atoms with E-state index in [1.165, 1.54) is 34.0 Å². The molecule has 0 bridgehead atoms. The summed E-state index contributed by atoms with van der Waals surface area (Å²) in [4.78, 5) is 42.4. The first kappa shape index (κ1) is 21.1. The molecular weight excluding hydrogens is 436 g/mol. The van der Waals surface area contributed by atoms with Gasteiger partial charge in [-0.1, -0.05) is 41.6 Å². The first-order valence-corrected chi connectivity index (χ1v) is 10.8. The van der Waals surface area contributed by atoms with E-state index in [0.717, 1.165) is 10.1 Å². The lowest BCUT2D eigenvalue weighted by Gasteiger charge is -2.16. The van der Waals surface area contributed by atoms with E-state index in [2.05, 4.69) is 0 Å². The largest absolute Gasteiger partial charge is 0.330 e. The Morgan fingerprint density at radius 3 is 2.52 bits per heavy atom. The van der Waals surface area contributed by atoms with Gasteiger partial charge in [0.1, 0.15) is 0 Å². The van der Waals surface area contributed by atoms with E-state index in [4.69, 9.17) is 16.6 Å². The summed E-state index contributed by atoms with van der Waals surface area (Å²) in [6.45, 7) is 1.85. The number of hydrogen-bond donors (Lipinski definition) is 0. The van der Waals surface area contributed by atoms with Gasteiger partial charge in [0.25, 0.3) is 11.1 Å². The van der Waals surface area contributed by atoms with Gasteiger partial charge in [0.15, 0.2) is 5.16 Å². The molecule has 0 saturated heterocycles. The predicted molar refractivity (Wildman–Crippen MR) is 124 cm³/mol. The van der Waals surface area contributed by atoms with Crippen LogP contribution in [0, 0.1) is 6.92 Å². The highest BCUT2D eigenvalue weighted by molar-refractivity contribution is 7.98. The molecule has 0 spiro atoms. The minimum absolute atomic E-state index is 0.212. The monoisotopic (exact) mass is 454 g/mol. The molecule has 4 rings (SSSR count). The summed E-state index contributed by atoms with van der Waals surface area (Å²) in [7, 11) is 3.05. The third kappa shape index (κ3) is 3.73. The Labute approximate surface area is 186 Å². The highest BCUT2D eigenvalue weighted by atomic mass is 35.5. The van der Waals surface area contributed by atoms with Gasteiger partial charge >= 0.3 is 5.69 Å². The van der Waals surface area contributed by atoms with Gasteiger partial charge in [-0.3, -0.25) is 23.3 Å². The Morgan fingerprint density at radius 2 is 1.74 bits per heavy atom. The summed E-state index contributed by atoms with van der Waals surface area (Å²) < 4.78 is 4.00. The maximum absolute atomic E-state index is 13.4. The lowest BCUT2D eigenvalue weighted by Crippen LogP contribution is -2.37. The van der Waals surface area contributed by atoms with Crippen molar-refractivity contribution < 1.29 is 0 Å². The quantitative estimate of drug-likeness (QED) is 0.350. The second-order valence-electron chi connectivity index (χ2n) is 7.10. The molecule has 0 aliphatic rings. The number of fused-ring (bicyclic) bond motifs is 1. The van der Waals surface area contributed by atoms with Crippen LogP contribution in [-0.4, -0.2) is 18.7 Å². The number of para-hydroxylation sites is 1. The van der Waals surface area contributed by atoms with Crippen LogP contribution in [0.4, 0.5) is 0 Å². The second-order valence-corrected chi connectivity index (χ2v) is 8.45. The summed E-state index contributed by atoms with van der Waals surface area (Å²) in [5.41, 5.74) is 1.50. The molecule has 0 unspecified atom stereocenters. The molecule has 0 amide bonds. The molecule has 7 nitrogen and oxygen atoms in total. The standard InChI is InChI=1S/C22H19ClN4O3S/c1-13-16(23)8-6-10-18(13)27-20(29)15-7-4-5-9-17(15)24-21(27)31-12-14-11-19(28)26(3)22(30)25(14)2/h4-11H,12H2,1-3H3. The topological polar surface area (TPSA) is 78.9 Å². The van der Waals surface area contributed by atoms with E-state index in [1.54, 1.807) is 37.4 Å². The smallest absolute Gasteiger partial charge is 0.300 e. The molecule has 0 saturated carbocycles. The molecule has 0 aliphatic carbocycles. The molecule has 158 valence electrons. The minimum Gasteiger partial charge on any atom is -0.300 e. The molecule has 0 N–H and O–H groups in total. The highest BCUT2D eigenvalue weighted by Crippen LogP contribution is 2.27. The summed E-state index contributed by atoms with van der Waals surface area (Å²) in [6.07, 6.45) is 0. The number of halogens is 1. The molecule has 4 aromatic rings. The normalized spacial score (nSPS) is 11.2. The average Bonchev–Trinajstić information content (AvgIpc) is 2.76. The van der Waals surface area contributed by atoms with Crippen molar-refractivity contribution in [1.82, 2.24) is 18.7 Å². The van der Waals surface area contributed by atoms with Gasteiger partial charge in [-0.15, -0.1) is 0 Å². The van der Waals surface area contributed by atoms with E-state index >= 15 is 0 Å². The van der Waals surface area contributed by atoms with Crippen LogP contribution in [0.1, 0.15) is 11.3 Å². The van der Waals surface area contributed by atoms with Crippen molar-refractivity contribution in [3.63, 3.8) is 0 Å². The van der Waals surface area contributed by atoms with Crippen molar-refractivity contribution >= 4 is 34.3 Å². The third-order valence-electron chi connectivity index (χ3n) is 5.20. The van der Waals surface area contributed by atoms with E-state index in [0.29, 0.717) is 32.5 Å². The second kappa shape index (κ2) is 8.20. The fraction of sp³-hybridized carbons (Fsp3) is 0.182. The van der Waals surface area contributed by atoms with Gasteiger partial charge in [-0.2, -0.15) is 0 Å². The zero-order valence-corrected chi connectivity index (χ0v) is 18.7. The van der Waals surface area contributed by atoms with Crippen molar-refractivity contribution in [2.45, 2.75) is 17.8 Å². The van der Waals surface area contributed by atoms with Gasteiger partial charge in [0, 0.05) is 36.6 Å². The minimum atomic E-state index is -0.405. The lowest BCUT2D eigenvalue weighted by atomic mass is 10.2. The number of thioether (sulfide) groups is 1. The SMILES string of the molecule is Cc1c(Cl)cccc1-n1c(SCc2cc(=O)n(C)c(=O)n2C)nc2ccccc2c1=O. The molecule has 0 radical (unpaired) electrons. The van der Waals surface area contributed by atoms with E-state index < -0.39 is 5.69 Å². The van der Waals surface area contributed by atoms with Gasteiger partial charge < -0.3 is 0 Å². The molecule has 0 fully saturated rings. The Bertz CT molecular complexity index is 1500. The number of rotatable bonds is 4. The summed E-state index contributed by atoms with van der Waals surface area (Å²) in [6, 6.07) is 13.9. The number of aromatic nitrogens is 4. The average molecular weight is 455 g/mol. The summed E-state index contributed by atoms with van der Waals surface area (Å²) in [5, 5.41) is 1.48. The Hall–Kier alpha value is -3.10. The molecule has 9 heteroatoms. The summed E-state index contributed by atoms with van der Waals surface area (Å²) in [5.74, 6) is 0.284. The van der Waals surface area contributed by atoms with Gasteiger partial charge in [-0.25, -0.2) is 9.78 Å². The molecular formula is C22H19ClN4O3S. The number of hydrogen-bond acceptors (Lipinski definition) is 5. The lowest BCUT2D eigenvalue weighted by molar-refractivity contribution is 0.664. The molecule has 31 heavy (non-hydrogen) atoms. The Morgan fingerprint density at radius 1 is 1.00 bits per heavy atom. The van der Waals surface area contributed by atoms with E-state index in [9.17, 15) is 14.4 Å². The van der Waals surface area contributed by atoms with Gasteiger partial charge in [0.2, 0.25) is 0 Å². The maximum atomic E-state index is 13.4. The van der Waals surface area contributed by atoms with Crippen LogP contribution < -0.4 is 16.8 Å². The Kier molecular flexibility index (Phi) is 5.60. The zero-order chi connectivity index (χ0) is 22.3. The molecule has 2 aromatic heterocycles. The van der Waals surface area contributed by atoms with Gasteiger partial charge in [0.05, 0.1) is 16.6 Å². The van der Waals surface area contributed by atoms with Crippen LogP contribution in [-0.2, 0) is 19.8 Å². The molecule has 2 heterocycles. The van der Waals surface area contributed by atoms with Crippen molar-refractivity contribution in [3.05, 3.63) is 96.0 Å². The first-order chi connectivity index (χ1) is 14.8. The third-order valence-corrected chi connectivity index (χ3v) is 6.58.